The number of ether oxygens (including phenoxy) is 1. The molecule has 246 valence electrons. The molecule has 1 aromatic carbocycles. The summed E-state index contributed by atoms with van der Waals surface area (Å²) in [6.45, 7) is 4.59. The number of aromatic amines is 1. The molecule has 1 saturated heterocycles. The van der Waals surface area contributed by atoms with Crippen LogP contribution in [0, 0.1) is 30.6 Å². The SMILES string of the molecule is Cc1c(CC(C)NC(=O)O)cncc1-c1ccc2c(c1)c(-c1ncc(C(=O)NC3C4CC5CC(C4)CC3C5)[nH]1)nn2C1CCCCO1. The summed E-state index contributed by atoms with van der Waals surface area (Å²) in [5.41, 5.74) is 6.03. The van der Waals surface area contributed by atoms with E-state index in [2.05, 4.69) is 38.8 Å². The number of hydrogen-bond donors (Lipinski definition) is 4. The van der Waals surface area contributed by atoms with Crippen LogP contribution in [0.25, 0.3) is 33.5 Å². The zero-order valence-corrected chi connectivity index (χ0v) is 27.0. The Labute approximate surface area is 273 Å². The van der Waals surface area contributed by atoms with Gasteiger partial charge < -0.3 is 25.5 Å². The van der Waals surface area contributed by atoms with E-state index in [9.17, 15) is 9.59 Å². The number of carbonyl (C=O) groups is 2. The van der Waals surface area contributed by atoms with Crippen LogP contribution in [0.15, 0.2) is 36.8 Å². The van der Waals surface area contributed by atoms with Crippen molar-refractivity contribution in [2.75, 3.05) is 6.61 Å². The van der Waals surface area contributed by atoms with Gasteiger partial charge in [0.1, 0.15) is 11.4 Å². The van der Waals surface area contributed by atoms with Gasteiger partial charge in [-0.25, -0.2) is 14.5 Å². The average molecular weight is 638 g/mol. The lowest BCUT2D eigenvalue weighted by molar-refractivity contribution is -0.0365. The van der Waals surface area contributed by atoms with Crippen molar-refractivity contribution in [2.24, 2.45) is 23.7 Å². The van der Waals surface area contributed by atoms with Gasteiger partial charge in [0.25, 0.3) is 5.91 Å². The Morgan fingerprint density at radius 2 is 1.87 bits per heavy atom. The zero-order valence-electron chi connectivity index (χ0n) is 27.0. The van der Waals surface area contributed by atoms with Crippen LogP contribution in [-0.4, -0.2) is 60.5 Å². The molecule has 0 spiro atoms. The van der Waals surface area contributed by atoms with Crippen molar-refractivity contribution in [1.29, 1.82) is 0 Å². The third-order valence-electron chi connectivity index (χ3n) is 11.2. The van der Waals surface area contributed by atoms with Gasteiger partial charge in [-0.15, -0.1) is 0 Å². The van der Waals surface area contributed by atoms with E-state index in [1.54, 1.807) is 12.4 Å². The molecule has 2 amide bonds. The Morgan fingerprint density at radius 3 is 2.60 bits per heavy atom. The fraction of sp³-hybridized carbons (Fsp3) is 0.528. The minimum atomic E-state index is -1.04. The molecule has 47 heavy (non-hydrogen) atoms. The summed E-state index contributed by atoms with van der Waals surface area (Å²) < 4.78 is 8.12. The highest BCUT2D eigenvalue weighted by molar-refractivity contribution is 5.97. The number of carbonyl (C=O) groups excluding carboxylic acids is 1. The lowest BCUT2D eigenvalue weighted by atomic mass is 9.54. The normalized spacial score (nSPS) is 27.2. The van der Waals surface area contributed by atoms with Crippen LogP contribution in [0.4, 0.5) is 4.79 Å². The molecule has 4 saturated carbocycles. The Hall–Kier alpha value is -4.25. The number of aromatic nitrogens is 5. The monoisotopic (exact) mass is 637 g/mol. The maximum atomic E-state index is 13.6. The number of imidazole rings is 1. The summed E-state index contributed by atoms with van der Waals surface area (Å²) in [4.78, 5) is 37.3. The standard InChI is InChI=1S/C36H43N7O4/c1-19(39-36(45)46)9-26-16-37-17-28(20(26)2)23-6-7-30-27(15-23)33(42-43(30)31-5-3-4-8-47-31)34-38-18-29(40-34)35(44)41-32-24-11-21-10-22(13-24)14-25(32)12-21/h6-7,15-19,21-22,24-25,31-32,39H,3-5,8-14H2,1-2H3,(H,38,40)(H,41,44)(H,45,46). The van der Waals surface area contributed by atoms with Gasteiger partial charge in [0.05, 0.1) is 11.7 Å². The van der Waals surface area contributed by atoms with E-state index in [4.69, 9.17) is 19.9 Å². The lowest BCUT2D eigenvalue weighted by Gasteiger charge is -2.54. The second-order valence-corrected chi connectivity index (χ2v) is 14.4. The molecule has 2 unspecified atom stereocenters. The molecule has 4 aliphatic carbocycles. The van der Waals surface area contributed by atoms with Gasteiger partial charge >= 0.3 is 6.09 Å². The highest BCUT2D eigenvalue weighted by Crippen LogP contribution is 2.53. The van der Waals surface area contributed by atoms with E-state index in [0.717, 1.165) is 64.3 Å². The van der Waals surface area contributed by atoms with Crippen LogP contribution in [0.1, 0.15) is 86.1 Å². The molecule has 4 N–H and O–H groups in total. The molecule has 4 aromatic rings. The van der Waals surface area contributed by atoms with Crippen molar-refractivity contribution in [2.45, 2.75) is 89.9 Å². The van der Waals surface area contributed by atoms with E-state index < -0.39 is 6.09 Å². The molecule has 9 rings (SSSR count). The van der Waals surface area contributed by atoms with E-state index in [-0.39, 0.29) is 24.2 Å². The van der Waals surface area contributed by atoms with Gasteiger partial charge in [-0.1, -0.05) is 6.07 Å². The predicted molar refractivity (Wildman–Crippen MR) is 177 cm³/mol. The number of nitrogens with one attached hydrogen (secondary N) is 3. The highest BCUT2D eigenvalue weighted by Gasteiger charge is 2.48. The topological polar surface area (TPSA) is 147 Å². The van der Waals surface area contributed by atoms with Gasteiger partial charge in [0.15, 0.2) is 12.1 Å². The maximum absolute atomic E-state index is 13.6. The van der Waals surface area contributed by atoms with E-state index in [1.807, 2.05) is 24.7 Å². The number of rotatable bonds is 8. The van der Waals surface area contributed by atoms with Gasteiger partial charge in [-0.2, -0.15) is 5.10 Å². The molecule has 11 nitrogen and oxygen atoms in total. The highest BCUT2D eigenvalue weighted by atomic mass is 16.5. The Bertz CT molecular complexity index is 1790. The molecular formula is C36H43N7O4. The van der Waals surface area contributed by atoms with E-state index in [0.29, 0.717) is 42.1 Å². The Kier molecular flexibility index (Phi) is 7.74. The summed E-state index contributed by atoms with van der Waals surface area (Å²) >= 11 is 0. The van der Waals surface area contributed by atoms with Crippen LogP contribution in [0.5, 0.6) is 0 Å². The predicted octanol–water partition coefficient (Wildman–Crippen LogP) is 6.25. The molecular weight excluding hydrogens is 594 g/mol. The number of benzene rings is 1. The quantitative estimate of drug-likeness (QED) is 0.179. The van der Waals surface area contributed by atoms with Crippen LogP contribution in [-0.2, 0) is 11.2 Å². The largest absolute Gasteiger partial charge is 0.465 e. The van der Waals surface area contributed by atoms with Crippen molar-refractivity contribution in [3.05, 3.63) is 53.6 Å². The fourth-order valence-electron chi connectivity index (χ4n) is 9.22. The van der Waals surface area contributed by atoms with Gasteiger partial charge in [0, 0.05) is 42.0 Å². The summed E-state index contributed by atoms with van der Waals surface area (Å²) in [6, 6.07) is 6.26. The fourth-order valence-corrected chi connectivity index (χ4v) is 9.22. The third-order valence-corrected chi connectivity index (χ3v) is 11.2. The zero-order chi connectivity index (χ0) is 32.2. The number of fused-ring (bicyclic) bond motifs is 1. The number of pyridine rings is 1. The van der Waals surface area contributed by atoms with Crippen LogP contribution < -0.4 is 10.6 Å². The molecule has 2 atom stereocenters. The third kappa shape index (κ3) is 5.68. The number of hydrogen-bond acceptors (Lipinski definition) is 6. The second kappa shape index (κ2) is 12.1. The molecule has 4 bridgehead atoms. The summed E-state index contributed by atoms with van der Waals surface area (Å²) in [5, 5.41) is 21.1. The average Bonchev–Trinajstić information content (AvgIpc) is 3.69. The first-order chi connectivity index (χ1) is 22.8. The summed E-state index contributed by atoms with van der Waals surface area (Å²) in [5.74, 6) is 3.36. The number of nitrogens with zero attached hydrogens (tertiary/aromatic N) is 4. The molecule has 11 heteroatoms. The maximum Gasteiger partial charge on any atom is 0.404 e. The van der Waals surface area contributed by atoms with Crippen molar-refractivity contribution < 1.29 is 19.4 Å². The first-order valence-corrected chi connectivity index (χ1v) is 17.2. The molecule has 4 heterocycles. The summed E-state index contributed by atoms with van der Waals surface area (Å²) in [7, 11) is 0. The minimum Gasteiger partial charge on any atom is -0.465 e. The number of carboxylic acid groups (broad SMARTS) is 1. The van der Waals surface area contributed by atoms with Crippen molar-refractivity contribution >= 4 is 22.9 Å². The molecule has 0 radical (unpaired) electrons. The first-order valence-electron chi connectivity index (χ1n) is 17.2. The Morgan fingerprint density at radius 1 is 1.09 bits per heavy atom. The van der Waals surface area contributed by atoms with Gasteiger partial charge in [0.2, 0.25) is 0 Å². The molecule has 5 aliphatic rings. The van der Waals surface area contributed by atoms with Crippen LogP contribution in [0.2, 0.25) is 0 Å². The number of amides is 2. The first kappa shape index (κ1) is 30.1. The van der Waals surface area contributed by atoms with Crippen LogP contribution in [0.3, 0.4) is 0 Å². The molecule has 1 aliphatic heterocycles. The smallest absolute Gasteiger partial charge is 0.404 e. The second-order valence-electron chi connectivity index (χ2n) is 14.4. The van der Waals surface area contributed by atoms with E-state index >= 15 is 0 Å². The van der Waals surface area contributed by atoms with Gasteiger partial charge in [-0.3, -0.25) is 9.78 Å². The summed E-state index contributed by atoms with van der Waals surface area (Å²) in [6.07, 6.45) is 14.0. The van der Waals surface area contributed by atoms with E-state index in [1.165, 1.54) is 32.1 Å². The Balaban J connectivity index is 1.12. The van der Waals surface area contributed by atoms with Crippen LogP contribution >= 0.6 is 0 Å². The van der Waals surface area contributed by atoms with Gasteiger partial charge in [-0.05, 0) is 124 Å². The molecule has 3 aromatic heterocycles. The lowest BCUT2D eigenvalue weighted by Crippen LogP contribution is -2.55. The molecule has 5 fully saturated rings. The minimum absolute atomic E-state index is 0.0913. The van der Waals surface area contributed by atoms with Crippen molar-refractivity contribution in [1.82, 2.24) is 35.4 Å². The van der Waals surface area contributed by atoms with Crippen molar-refractivity contribution in [3.63, 3.8) is 0 Å². The number of H-pyrrole nitrogens is 1. The van der Waals surface area contributed by atoms with Crippen molar-refractivity contribution in [3.8, 4) is 22.6 Å².